The molecule has 0 amide bonds. The van der Waals surface area contributed by atoms with Crippen molar-refractivity contribution in [2.24, 2.45) is 0 Å². The van der Waals surface area contributed by atoms with E-state index in [-0.39, 0.29) is 18.6 Å². The Kier molecular flexibility index (Phi) is 2.87. The number of Topliss-reactive ketones (excluding diaryl/α,β-unsaturated/α-hetero) is 1. The van der Waals surface area contributed by atoms with Crippen LogP contribution in [-0.2, 0) is 9.63 Å². The first kappa shape index (κ1) is 10.3. The highest BCUT2D eigenvalue weighted by Crippen LogP contribution is 2.27. The van der Waals surface area contributed by atoms with Crippen LogP contribution in [0.3, 0.4) is 0 Å². The van der Waals surface area contributed by atoms with Gasteiger partial charge in [-0.1, -0.05) is 0 Å². The largest absolute Gasteiger partial charge is 0.306 e. The first-order chi connectivity index (χ1) is 6.56. The zero-order valence-electron chi connectivity index (χ0n) is 7.65. The van der Waals surface area contributed by atoms with Crippen molar-refractivity contribution in [3.05, 3.63) is 21.3 Å². The highest BCUT2D eigenvalue weighted by molar-refractivity contribution is 5.99. The summed E-state index contributed by atoms with van der Waals surface area (Å²) in [6.45, 7) is 1.63. The number of rotatable bonds is 3. The second-order valence-electron chi connectivity index (χ2n) is 2.99. The molecule has 1 rings (SSSR count). The van der Waals surface area contributed by atoms with Crippen molar-refractivity contribution in [3.63, 3.8) is 0 Å². The van der Waals surface area contributed by atoms with E-state index in [0.717, 1.165) is 0 Å². The predicted molar refractivity (Wildman–Crippen MR) is 47.6 cm³/mol. The van der Waals surface area contributed by atoms with Crippen LogP contribution in [0, 0.1) is 22.5 Å². The Morgan fingerprint density at radius 2 is 2.43 bits per heavy atom. The molecule has 0 aromatic rings. The number of terminal acetylenes is 1. The number of allylic oxidation sites excluding steroid dienone is 1. The third-order valence-electron chi connectivity index (χ3n) is 2.16. The van der Waals surface area contributed by atoms with E-state index in [2.05, 4.69) is 10.8 Å². The van der Waals surface area contributed by atoms with Gasteiger partial charge in [-0.15, -0.1) is 22.5 Å². The van der Waals surface area contributed by atoms with E-state index in [9.17, 15) is 14.9 Å². The van der Waals surface area contributed by atoms with E-state index in [1.807, 2.05) is 0 Å². The maximum Gasteiger partial charge on any atom is 0.295 e. The lowest BCUT2D eigenvalue weighted by Crippen LogP contribution is -2.16. The predicted octanol–water partition coefficient (Wildman–Crippen LogP) is 0.876. The number of carbonyl (C=O) groups excluding carboxylic acids is 1. The third-order valence-corrected chi connectivity index (χ3v) is 2.16. The van der Waals surface area contributed by atoms with Crippen molar-refractivity contribution in [2.45, 2.75) is 25.9 Å². The molecule has 0 bridgehead atoms. The van der Waals surface area contributed by atoms with Gasteiger partial charge in [0, 0.05) is 18.4 Å². The number of ketones is 1. The zero-order chi connectivity index (χ0) is 10.7. The van der Waals surface area contributed by atoms with Crippen molar-refractivity contribution in [1.29, 1.82) is 0 Å². The van der Waals surface area contributed by atoms with Gasteiger partial charge < -0.3 is 4.84 Å². The second kappa shape index (κ2) is 3.92. The van der Waals surface area contributed by atoms with Crippen molar-refractivity contribution in [1.82, 2.24) is 0 Å². The number of carbonyl (C=O) groups is 1. The Labute approximate surface area is 80.8 Å². The Balaban J connectivity index is 2.82. The average molecular weight is 195 g/mol. The molecular formula is C9H9NO4. The fourth-order valence-electron chi connectivity index (χ4n) is 1.42. The van der Waals surface area contributed by atoms with Gasteiger partial charge >= 0.3 is 0 Å². The molecule has 1 aliphatic carbocycles. The highest BCUT2D eigenvalue weighted by atomic mass is 17.0. The van der Waals surface area contributed by atoms with Crippen LogP contribution in [0.5, 0.6) is 0 Å². The maximum atomic E-state index is 11.3. The Hall–Kier alpha value is -1.83. The number of hydrogen-bond donors (Lipinski definition) is 0. The lowest BCUT2D eigenvalue weighted by Gasteiger charge is -2.07. The smallest absolute Gasteiger partial charge is 0.295 e. The summed E-state index contributed by atoms with van der Waals surface area (Å²) >= 11 is 0. The van der Waals surface area contributed by atoms with E-state index in [0.29, 0.717) is 11.1 Å². The van der Waals surface area contributed by atoms with Gasteiger partial charge in [0.2, 0.25) is 0 Å². The lowest BCUT2D eigenvalue weighted by atomic mass is 10.1. The Morgan fingerprint density at radius 3 is 2.93 bits per heavy atom. The quantitative estimate of drug-likeness (QED) is 0.380. The van der Waals surface area contributed by atoms with Crippen LogP contribution in [0.15, 0.2) is 11.1 Å². The zero-order valence-corrected chi connectivity index (χ0v) is 7.65. The molecular weight excluding hydrogens is 186 g/mol. The average Bonchev–Trinajstić information content (AvgIpc) is 2.32. The molecule has 1 atom stereocenters. The molecule has 0 saturated carbocycles. The minimum Gasteiger partial charge on any atom is -0.306 e. The van der Waals surface area contributed by atoms with E-state index < -0.39 is 11.2 Å². The summed E-state index contributed by atoms with van der Waals surface area (Å²) in [5.41, 5.74) is 1.05. The molecule has 5 heteroatoms. The first-order valence-electron chi connectivity index (χ1n) is 4.03. The summed E-state index contributed by atoms with van der Waals surface area (Å²) in [5.74, 6) is 2.18. The fourth-order valence-corrected chi connectivity index (χ4v) is 1.42. The van der Waals surface area contributed by atoms with Gasteiger partial charge in [-0.25, -0.2) is 0 Å². The topological polar surface area (TPSA) is 69.4 Å². The Morgan fingerprint density at radius 1 is 1.79 bits per heavy atom. The van der Waals surface area contributed by atoms with Gasteiger partial charge in [-0.05, 0) is 12.5 Å². The molecule has 0 N–H and O–H groups in total. The van der Waals surface area contributed by atoms with Crippen LogP contribution >= 0.6 is 0 Å². The molecule has 0 aromatic carbocycles. The molecule has 1 aliphatic rings. The van der Waals surface area contributed by atoms with Crippen LogP contribution < -0.4 is 0 Å². The van der Waals surface area contributed by atoms with Gasteiger partial charge in [-0.2, -0.15) is 0 Å². The molecule has 0 aromatic heterocycles. The van der Waals surface area contributed by atoms with Gasteiger partial charge in [0.1, 0.15) is 6.10 Å². The van der Waals surface area contributed by atoms with Gasteiger partial charge in [-0.3, -0.25) is 4.79 Å². The van der Waals surface area contributed by atoms with Crippen LogP contribution in [0.2, 0.25) is 0 Å². The standard InChI is InChI=1S/C9H9NO4/c1-3-4-7-6(2)9(5-8(7)11)14-10(12)13/h1,9H,4-5H2,2H3/t9-/m0/s1. The molecule has 0 fully saturated rings. The number of hydrogen-bond acceptors (Lipinski definition) is 4. The van der Waals surface area contributed by atoms with Crippen molar-refractivity contribution in [3.8, 4) is 12.3 Å². The molecule has 0 heterocycles. The Bertz CT molecular complexity index is 350. The van der Waals surface area contributed by atoms with Gasteiger partial charge in [0.15, 0.2) is 5.78 Å². The molecule has 74 valence electrons. The van der Waals surface area contributed by atoms with E-state index >= 15 is 0 Å². The summed E-state index contributed by atoms with van der Waals surface area (Å²) in [6.07, 6.45) is 4.55. The van der Waals surface area contributed by atoms with Crippen molar-refractivity contribution >= 4 is 5.78 Å². The molecule has 14 heavy (non-hydrogen) atoms. The minimum absolute atomic E-state index is 0.0177. The highest BCUT2D eigenvalue weighted by Gasteiger charge is 2.31. The summed E-state index contributed by atoms with van der Waals surface area (Å²) in [7, 11) is 0. The van der Waals surface area contributed by atoms with Crippen LogP contribution in [0.1, 0.15) is 19.8 Å². The SMILES string of the molecule is C#CCC1=C(C)[C@@H](O[N+](=O)[O-])CC1=O. The van der Waals surface area contributed by atoms with E-state index in [1.54, 1.807) is 6.92 Å². The van der Waals surface area contributed by atoms with Gasteiger partial charge in [0.25, 0.3) is 5.09 Å². The third kappa shape index (κ3) is 1.91. The summed E-state index contributed by atoms with van der Waals surface area (Å²) in [6, 6.07) is 0. The minimum atomic E-state index is -0.889. The molecule has 0 unspecified atom stereocenters. The second-order valence-corrected chi connectivity index (χ2v) is 2.99. The maximum absolute atomic E-state index is 11.3. The molecule has 0 spiro atoms. The van der Waals surface area contributed by atoms with Crippen LogP contribution in [0.4, 0.5) is 0 Å². The molecule has 0 radical (unpaired) electrons. The summed E-state index contributed by atoms with van der Waals surface area (Å²) in [5, 5.41) is 9.19. The first-order valence-corrected chi connectivity index (χ1v) is 4.03. The number of nitrogens with zero attached hydrogens (tertiary/aromatic N) is 1. The monoisotopic (exact) mass is 195 g/mol. The molecule has 0 saturated heterocycles. The normalized spacial score (nSPS) is 20.9. The fraction of sp³-hybridized carbons (Fsp3) is 0.444. The van der Waals surface area contributed by atoms with E-state index in [1.165, 1.54) is 0 Å². The summed E-state index contributed by atoms with van der Waals surface area (Å²) in [4.78, 5) is 25.7. The lowest BCUT2D eigenvalue weighted by molar-refractivity contribution is -0.765. The van der Waals surface area contributed by atoms with Gasteiger partial charge in [0.05, 0.1) is 0 Å². The molecule has 0 aliphatic heterocycles. The van der Waals surface area contributed by atoms with Crippen LogP contribution in [0.25, 0.3) is 0 Å². The van der Waals surface area contributed by atoms with Crippen molar-refractivity contribution in [2.75, 3.05) is 0 Å². The summed E-state index contributed by atoms with van der Waals surface area (Å²) < 4.78 is 0. The van der Waals surface area contributed by atoms with E-state index in [4.69, 9.17) is 6.42 Å². The molecule has 5 nitrogen and oxygen atoms in total. The van der Waals surface area contributed by atoms with Crippen molar-refractivity contribution < 1.29 is 14.7 Å². The van der Waals surface area contributed by atoms with Crippen LogP contribution in [-0.4, -0.2) is 17.0 Å².